The Kier molecular flexibility index (Phi) is 5.34. The average molecular weight is 341 g/mol. The smallest absolute Gasteiger partial charge is 0.320 e. The lowest BCUT2D eigenvalue weighted by molar-refractivity contribution is -0.146. The summed E-state index contributed by atoms with van der Waals surface area (Å²) in [4.78, 5) is 28.3. The first-order valence-corrected chi connectivity index (χ1v) is 8.84. The second-order valence-electron chi connectivity index (χ2n) is 6.76. The number of amides is 1. The molecular weight excluding hydrogens is 318 g/mol. The van der Waals surface area contributed by atoms with Gasteiger partial charge in [-0.05, 0) is 44.2 Å². The highest BCUT2D eigenvalue weighted by Gasteiger charge is 2.42. The van der Waals surface area contributed by atoms with Crippen LogP contribution in [0.2, 0.25) is 0 Å². The molecule has 0 aliphatic carbocycles. The van der Waals surface area contributed by atoms with Crippen LogP contribution in [-0.2, 0) is 16.0 Å². The Morgan fingerprint density at radius 1 is 1.20 bits per heavy atom. The lowest BCUT2D eigenvalue weighted by atomic mass is 10.0. The van der Waals surface area contributed by atoms with Crippen molar-refractivity contribution in [3.63, 3.8) is 0 Å². The van der Waals surface area contributed by atoms with Gasteiger partial charge >= 0.3 is 5.97 Å². The predicted molar refractivity (Wildman–Crippen MR) is 91.6 cm³/mol. The number of hydrogen-bond donors (Lipinski definition) is 1. The van der Waals surface area contributed by atoms with Gasteiger partial charge in [0.2, 0.25) is 5.91 Å². The van der Waals surface area contributed by atoms with Crippen LogP contribution in [-0.4, -0.2) is 58.0 Å². The molecule has 2 aliphatic rings. The van der Waals surface area contributed by atoms with Crippen LogP contribution < -0.4 is 0 Å². The first kappa shape index (κ1) is 17.4. The van der Waals surface area contributed by atoms with Gasteiger partial charge < -0.3 is 10.0 Å². The highest BCUT2D eigenvalue weighted by atomic mass is 16.4. The van der Waals surface area contributed by atoms with Crippen molar-refractivity contribution in [3.05, 3.63) is 35.9 Å². The van der Waals surface area contributed by atoms with Crippen LogP contribution in [0.5, 0.6) is 0 Å². The fourth-order valence-electron chi connectivity index (χ4n) is 3.97. The van der Waals surface area contributed by atoms with Gasteiger partial charge in [0.15, 0.2) is 0 Å². The van der Waals surface area contributed by atoms with E-state index in [1.807, 2.05) is 35.2 Å². The number of benzene rings is 1. The Balaban J connectivity index is 1.87. The zero-order chi connectivity index (χ0) is 17.8. The van der Waals surface area contributed by atoms with Gasteiger partial charge in [-0.1, -0.05) is 30.3 Å². The molecule has 0 radical (unpaired) electrons. The van der Waals surface area contributed by atoms with Crippen molar-refractivity contribution in [2.24, 2.45) is 0 Å². The summed E-state index contributed by atoms with van der Waals surface area (Å²) in [6.45, 7) is 1.18. The number of carboxylic acid groups (broad SMARTS) is 1. The number of nitrogens with zero attached hydrogens (tertiary/aromatic N) is 3. The maximum atomic E-state index is 13.2. The highest BCUT2D eigenvalue weighted by molar-refractivity contribution is 5.84. The van der Waals surface area contributed by atoms with E-state index in [1.54, 1.807) is 4.90 Å². The van der Waals surface area contributed by atoms with Crippen molar-refractivity contribution in [2.75, 3.05) is 13.1 Å². The van der Waals surface area contributed by atoms with Gasteiger partial charge in [-0.15, -0.1) is 0 Å². The molecule has 0 unspecified atom stereocenters. The van der Waals surface area contributed by atoms with Crippen LogP contribution in [0, 0.1) is 11.3 Å². The molecule has 1 amide bonds. The molecule has 0 saturated carbocycles. The number of carboxylic acids is 1. The first-order valence-electron chi connectivity index (χ1n) is 8.84. The molecule has 2 heterocycles. The summed E-state index contributed by atoms with van der Waals surface area (Å²) in [6, 6.07) is 10.3. The minimum Gasteiger partial charge on any atom is -0.480 e. The monoisotopic (exact) mass is 341 g/mol. The Bertz CT molecular complexity index is 670. The molecule has 1 aromatic rings. The molecule has 6 heteroatoms. The molecule has 132 valence electrons. The van der Waals surface area contributed by atoms with E-state index in [0.29, 0.717) is 32.4 Å². The lowest BCUT2D eigenvalue weighted by Gasteiger charge is -2.34. The van der Waals surface area contributed by atoms with E-state index < -0.39 is 24.1 Å². The fraction of sp³-hybridized carbons (Fsp3) is 0.526. The van der Waals surface area contributed by atoms with Crippen LogP contribution in [0.15, 0.2) is 30.3 Å². The van der Waals surface area contributed by atoms with Crippen LogP contribution >= 0.6 is 0 Å². The normalized spacial score (nSPS) is 24.8. The molecule has 1 N–H and O–H groups in total. The molecule has 3 rings (SSSR count). The van der Waals surface area contributed by atoms with Crippen molar-refractivity contribution in [1.29, 1.82) is 5.26 Å². The van der Waals surface area contributed by atoms with Crippen LogP contribution in [0.25, 0.3) is 0 Å². The SMILES string of the molecule is N#C[C@@H]1CCCN1C(=O)[C@H](Cc1ccccc1)N1CCC[C@H]1C(=O)O. The van der Waals surface area contributed by atoms with E-state index in [1.165, 1.54) is 0 Å². The number of hydrogen-bond acceptors (Lipinski definition) is 4. The minimum atomic E-state index is -0.874. The molecule has 2 fully saturated rings. The third-order valence-corrected chi connectivity index (χ3v) is 5.22. The van der Waals surface area contributed by atoms with E-state index in [-0.39, 0.29) is 5.91 Å². The van der Waals surface area contributed by atoms with Crippen molar-refractivity contribution >= 4 is 11.9 Å². The van der Waals surface area contributed by atoms with Crippen LogP contribution in [0.4, 0.5) is 0 Å². The van der Waals surface area contributed by atoms with Crippen LogP contribution in [0.3, 0.4) is 0 Å². The second-order valence-corrected chi connectivity index (χ2v) is 6.76. The Morgan fingerprint density at radius 2 is 1.92 bits per heavy atom. The summed E-state index contributed by atoms with van der Waals surface area (Å²) in [7, 11) is 0. The maximum Gasteiger partial charge on any atom is 0.320 e. The van der Waals surface area contributed by atoms with E-state index in [2.05, 4.69) is 6.07 Å². The molecule has 2 aliphatic heterocycles. The summed E-state index contributed by atoms with van der Waals surface area (Å²) in [5, 5.41) is 18.8. The molecule has 1 aromatic carbocycles. The van der Waals surface area contributed by atoms with E-state index in [4.69, 9.17) is 0 Å². The van der Waals surface area contributed by atoms with Crippen molar-refractivity contribution < 1.29 is 14.7 Å². The quantitative estimate of drug-likeness (QED) is 0.880. The number of likely N-dealkylation sites (tertiary alicyclic amines) is 2. The van der Waals surface area contributed by atoms with Gasteiger partial charge in [0, 0.05) is 6.54 Å². The van der Waals surface area contributed by atoms with E-state index in [9.17, 15) is 20.0 Å². The third-order valence-electron chi connectivity index (χ3n) is 5.22. The van der Waals surface area contributed by atoms with Gasteiger partial charge in [-0.3, -0.25) is 14.5 Å². The van der Waals surface area contributed by atoms with Crippen molar-refractivity contribution in [2.45, 2.75) is 50.2 Å². The Morgan fingerprint density at radius 3 is 2.60 bits per heavy atom. The minimum absolute atomic E-state index is 0.110. The number of carbonyl (C=O) groups is 2. The Hall–Kier alpha value is -2.39. The lowest BCUT2D eigenvalue weighted by Crippen LogP contribution is -2.54. The number of rotatable bonds is 5. The number of aliphatic carboxylic acids is 1. The number of nitriles is 1. The second kappa shape index (κ2) is 7.66. The molecular formula is C19H23N3O3. The molecule has 0 spiro atoms. The molecule has 0 bridgehead atoms. The third kappa shape index (κ3) is 3.67. The van der Waals surface area contributed by atoms with Gasteiger partial charge in [0.25, 0.3) is 0 Å². The van der Waals surface area contributed by atoms with Gasteiger partial charge in [-0.2, -0.15) is 5.26 Å². The average Bonchev–Trinajstić information content (AvgIpc) is 3.28. The summed E-state index contributed by atoms with van der Waals surface area (Å²) < 4.78 is 0. The van der Waals surface area contributed by atoms with Gasteiger partial charge in [0.05, 0.1) is 12.1 Å². The molecule has 3 atom stereocenters. The maximum absolute atomic E-state index is 13.2. The topological polar surface area (TPSA) is 84.6 Å². The summed E-state index contributed by atoms with van der Waals surface area (Å²) >= 11 is 0. The summed E-state index contributed by atoms with van der Waals surface area (Å²) in [6.07, 6.45) is 3.33. The molecule has 2 saturated heterocycles. The van der Waals surface area contributed by atoms with Crippen molar-refractivity contribution in [1.82, 2.24) is 9.80 Å². The predicted octanol–water partition coefficient (Wildman–Crippen LogP) is 1.66. The Labute approximate surface area is 147 Å². The van der Waals surface area contributed by atoms with E-state index >= 15 is 0 Å². The van der Waals surface area contributed by atoms with Crippen molar-refractivity contribution in [3.8, 4) is 6.07 Å². The molecule has 6 nitrogen and oxygen atoms in total. The van der Waals surface area contributed by atoms with Gasteiger partial charge in [0.1, 0.15) is 12.1 Å². The van der Waals surface area contributed by atoms with Gasteiger partial charge in [-0.25, -0.2) is 0 Å². The number of carbonyl (C=O) groups excluding carboxylic acids is 1. The first-order chi connectivity index (χ1) is 12.1. The highest BCUT2D eigenvalue weighted by Crippen LogP contribution is 2.26. The summed E-state index contributed by atoms with van der Waals surface area (Å²) in [5.41, 5.74) is 1.00. The fourth-order valence-corrected chi connectivity index (χ4v) is 3.97. The van der Waals surface area contributed by atoms with Crippen LogP contribution in [0.1, 0.15) is 31.2 Å². The standard InChI is InChI=1S/C19H23N3O3/c20-13-15-8-4-10-21(15)18(23)17(12-14-6-2-1-3-7-14)22-11-5-9-16(22)19(24)25/h1-3,6-7,15-17H,4-5,8-12H2,(H,24,25)/t15-,16-,17-/m0/s1. The zero-order valence-corrected chi connectivity index (χ0v) is 14.2. The summed E-state index contributed by atoms with van der Waals surface area (Å²) in [5.74, 6) is -0.984. The molecule has 25 heavy (non-hydrogen) atoms. The zero-order valence-electron chi connectivity index (χ0n) is 14.2. The largest absolute Gasteiger partial charge is 0.480 e. The molecule has 0 aromatic heterocycles. The van der Waals surface area contributed by atoms with E-state index in [0.717, 1.165) is 18.4 Å².